The van der Waals surface area contributed by atoms with Crippen LogP contribution < -0.4 is 9.47 Å². The molecule has 10 nitrogen and oxygen atoms in total. The van der Waals surface area contributed by atoms with Crippen molar-refractivity contribution < 1.29 is 34.0 Å². The van der Waals surface area contributed by atoms with E-state index in [0.717, 1.165) is 22.8 Å². The average molecular weight is 628 g/mol. The van der Waals surface area contributed by atoms with Crippen LogP contribution in [0.1, 0.15) is 62.0 Å². The van der Waals surface area contributed by atoms with Gasteiger partial charge in [0.15, 0.2) is 5.60 Å². The molecule has 1 amide bonds. The summed E-state index contributed by atoms with van der Waals surface area (Å²) >= 11 is 0. The fourth-order valence-electron chi connectivity index (χ4n) is 6.94. The van der Waals surface area contributed by atoms with E-state index in [4.69, 9.17) is 19.2 Å². The minimum atomic E-state index is -1.38. The normalized spacial score (nSPS) is 16.1. The zero-order chi connectivity index (χ0) is 32.3. The molecule has 0 unspecified atom stereocenters. The fourth-order valence-corrected chi connectivity index (χ4v) is 6.94. The van der Waals surface area contributed by atoms with Gasteiger partial charge in [0.05, 0.1) is 18.4 Å². The first kappa shape index (κ1) is 28.6. The van der Waals surface area contributed by atoms with Crippen molar-refractivity contribution in [1.29, 1.82) is 0 Å². The smallest absolute Gasteiger partial charge is 0.340 e. The first-order valence-corrected chi connectivity index (χ1v) is 15.3. The van der Waals surface area contributed by atoms with E-state index in [2.05, 4.69) is 4.98 Å². The lowest BCUT2D eigenvalue weighted by molar-refractivity contribution is 0.0224. The Bertz CT molecular complexity index is 2040. The molecule has 0 saturated carbocycles. The van der Waals surface area contributed by atoms with E-state index >= 15 is 0 Å². The molecular weight excluding hydrogens is 598 g/mol. The van der Waals surface area contributed by atoms with Crippen LogP contribution in [0.3, 0.4) is 0 Å². The molecule has 2 N–H and O–H groups in total. The Morgan fingerprint density at radius 1 is 0.872 bits per heavy atom. The molecule has 0 radical (unpaired) electrons. The Kier molecular flexibility index (Phi) is 6.61. The molecule has 1 spiro atoms. The Labute approximate surface area is 269 Å². The molecule has 0 aliphatic carbocycles. The van der Waals surface area contributed by atoms with Crippen LogP contribution >= 0.6 is 0 Å². The minimum Gasteiger partial charge on any atom is -0.508 e. The fraction of sp³-hybridized carbons (Fsp3) is 0.189. The summed E-state index contributed by atoms with van der Waals surface area (Å²) in [6.07, 6.45) is 3.16. The summed E-state index contributed by atoms with van der Waals surface area (Å²) in [5, 5.41) is 20.3. The second kappa shape index (κ2) is 10.9. The quantitative estimate of drug-likeness (QED) is 0.225. The molecule has 3 aliphatic rings. The number of aromatic nitrogens is 2. The molecule has 3 aliphatic heterocycles. The van der Waals surface area contributed by atoms with Crippen LogP contribution in [0.4, 0.5) is 0 Å². The van der Waals surface area contributed by atoms with Gasteiger partial charge in [-0.15, -0.1) is 0 Å². The van der Waals surface area contributed by atoms with Crippen LogP contribution in [0, 0.1) is 0 Å². The Hall–Kier alpha value is -5.90. The third-order valence-corrected chi connectivity index (χ3v) is 9.22. The number of esters is 1. The number of methoxy groups -OCH3 is 1. The van der Waals surface area contributed by atoms with Gasteiger partial charge in [0.1, 0.15) is 34.6 Å². The predicted molar refractivity (Wildman–Crippen MR) is 170 cm³/mol. The summed E-state index contributed by atoms with van der Waals surface area (Å²) in [5.74, 6) is 1.37. The van der Waals surface area contributed by atoms with E-state index in [1.807, 2.05) is 30.3 Å². The molecular formula is C37H29N3O7. The number of carbonyl (C=O) groups excluding carboxylic acids is 2. The Morgan fingerprint density at radius 2 is 1.55 bits per heavy atom. The highest BCUT2D eigenvalue weighted by Gasteiger charge is 2.54. The van der Waals surface area contributed by atoms with Crippen molar-refractivity contribution in [3.63, 3.8) is 0 Å². The summed E-state index contributed by atoms with van der Waals surface area (Å²) in [6, 6.07) is 23.9. The topological polar surface area (TPSA) is 131 Å². The minimum absolute atomic E-state index is 0.0209. The first-order chi connectivity index (χ1) is 22.9. The van der Waals surface area contributed by atoms with Gasteiger partial charge in [-0.25, -0.2) is 14.8 Å². The summed E-state index contributed by atoms with van der Waals surface area (Å²) in [7, 11) is 1.64. The Balaban J connectivity index is 1.06. The van der Waals surface area contributed by atoms with Crippen molar-refractivity contribution in [3.05, 3.63) is 125 Å². The number of rotatable bonds is 4. The monoisotopic (exact) mass is 627 g/mol. The summed E-state index contributed by atoms with van der Waals surface area (Å²) in [4.78, 5) is 38.5. The van der Waals surface area contributed by atoms with Gasteiger partial charge in [-0.05, 0) is 67.4 Å². The molecule has 0 atom stereocenters. The highest BCUT2D eigenvalue weighted by atomic mass is 16.6. The maximum absolute atomic E-state index is 13.8. The van der Waals surface area contributed by atoms with Gasteiger partial charge in [0.2, 0.25) is 0 Å². The number of nitrogens with zero attached hydrogens (tertiary/aromatic N) is 3. The lowest BCUT2D eigenvalue weighted by atomic mass is 9.77. The van der Waals surface area contributed by atoms with Gasteiger partial charge in [-0.2, -0.15) is 0 Å². The van der Waals surface area contributed by atoms with Gasteiger partial charge >= 0.3 is 5.97 Å². The number of fused-ring (bicyclic) bond motifs is 6. The number of ether oxygens (including phenoxy) is 3. The van der Waals surface area contributed by atoms with E-state index in [-0.39, 0.29) is 28.9 Å². The van der Waals surface area contributed by atoms with Crippen molar-refractivity contribution in [2.75, 3.05) is 20.2 Å². The van der Waals surface area contributed by atoms with E-state index in [1.165, 1.54) is 24.3 Å². The van der Waals surface area contributed by atoms with Crippen LogP contribution in [-0.2, 0) is 10.3 Å². The predicted octanol–water partition coefficient (Wildman–Crippen LogP) is 6.15. The van der Waals surface area contributed by atoms with Gasteiger partial charge in [-0.1, -0.05) is 18.2 Å². The molecule has 47 heavy (non-hydrogen) atoms. The molecule has 1 saturated heterocycles. The molecule has 10 heteroatoms. The highest BCUT2D eigenvalue weighted by molar-refractivity contribution is 6.01. The second-order valence-corrected chi connectivity index (χ2v) is 11.9. The number of carbonyl (C=O) groups is 2. The number of likely N-dealkylation sites (tertiary alicyclic amines) is 1. The van der Waals surface area contributed by atoms with E-state index in [1.54, 1.807) is 48.5 Å². The number of phenolic OH excluding ortho intramolecular Hbond substituents is 2. The van der Waals surface area contributed by atoms with Gasteiger partial charge < -0.3 is 29.3 Å². The van der Waals surface area contributed by atoms with Crippen LogP contribution in [0.25, 0.3) is 11.3 Å². The number of hydrogen-bond acceptors (Lipinski definition) is 9. The summed E-state index contributed by atoms with van der Waals surface area (Å²) in [6.45, 7) is 1.03. The van der Waals surface area contributed by atoms with E-state index in [0.29, 0.717) is 59.7 Å². The lowest BCUT2D eigenvalue weighted by Gasteiger charge is -2.36. The van der Waals surface area contributed by atoms with Gasteiger partial charge in [0.25, 0.3) is 5.91 Å². The van der Waals surface area contributed by atoms with Crippen molar-refractivity contribution >= 4 is 11.9 Å². The maximum atomic E-state index is 13.8. The number of phenols is 2. The van der Waals surface area contributed by atoms with Crippen LogP contribution in [-0.4, -0.2) is 57.2 Å². The van der Waals surface area contributed by atoms with Crippen molar-refractivity contribution in [2.24, 2.45) is 0 Å². The molecule has 234 valence electrons. The zero-order valence-corrected chi connectivity index (χ0v) is 25.3. The number of aromatic hydroxyl groups is 2. The number of para-hydroxylation sites is 1. The van der Waals surface area contributed by atoms with Gasteiger partial charge in [-0.3, -0.25) is 4.79 Å². The van der Waals surface area contributed by atoms with Crippen LogP contribution in [0.2, 0.25) is 0 Å². The lowest BCUT2D eigenvalue weighted by Crippen LogP contribution is -2.38. The Morgan fingerprint density at radius 3 is 2.26 bits per heavy atom. The number of benzene rings is 4. The SMILES string of the molecule is COc1ccccc1-c1ccnc(C2CCN(C(=O)c3ccc4c(c3)C(=O)OC43c4ccc(O)cc4Oc4cc(O)ccc43)CC2)n1. The van der Waals surface area contributed by atoms with Crippen LogP contribution in [0.15, 0.2) is 91.1 Å². The molecule has 0 bridgehead atoms. The largest absolute Gasteiger partial charge is 0.508 e. The second-order valence-electron chi connectivity index (χ2n) is 11.9. The summed E-state index contributed by atoms with van der Waals surface area (Å²) in [5.41, 5.74) is 2.56. The van der Waals surface area contributed by atoms with Crippen molar-refractivity contribution in [3.8, 4) is 40.0 Å². The van der Waals surface area contributed by atoms with Crippen molar-refractivity contribution in [2.45, 2.75) is 24.4 Å². The van der Waals surface area contributed by atoms with Gasteiger partial charge in [0, 0.05) is 65.2 Å². The zero-order valence-electron chi connectivity index (χ0n) is 25.3. The number of piperidine rings is 1. The highest BCUT2D eigenvalue weighted by Crippen LogP contribution is 2.57. The average Bonchev–Trinajstić information content (AvgIpc) is 3.39. The molecule has 1 fully saturated rings. The molecule has 5 aromatic rings. The van der Waals surface area contributed by atoms with Crippen LogP contribution in [0.5, 0.6) is 28.7 Å². The number of hydrogen-bond donors (Lipinski definition) is 2. The molecule has 4 heterocycles. The maximum Gasteiger partial charge on any atom is 0.340 e. The molecule has 1 aromatic heterocycles. The van der Waals surface area contributed by atoms with E-state index in [9.17, 15) is 19.8 Å². The summed E-state index contributed by atoms with van der Waals surface area (Å²) < 4.78 is 17.7. The van der Waals surface area contributed by atoms with Crippen molar-refractivity contribution in [1.82, 2.24) is 14.9 Å². The van der Waals surface area contributed by atoms with E-state index < -0.39 is 11.6 Å². The standard InChI is InChI=1S/C37H29N3O7/c1-45-31-5-3-2-4-25(31)30-12-15-38-34(39-30)21-13-16-40(17-14-21)35(43)22-6-9-27-26(18-22)36(44)47-37(27)28-10-7-23(41)19-32(28)46-33-20-24(42)8-11-29(33)37/h2-12,15,18-21,41-42H,13-14,16-17H2,1H3. The third kappa shape index (κ3) is 4.55. The number of amides is 1. The third-order valence-electron chi connectivity index (χ3n) is 9.22. The first-order valence-electron chi connectivity index (χ1n) is 15.3. The molecule has 4 aromatic carbocycles. The molecule has 8 rings (SSSR count).